The fourth-order valence-electron chi connectivity index (χ4n) is 2.57. The number of H-pyrrole nitrogens is 1. The van der Waals surface area contributed by atoms with Gasteiger partial charge in [0.2, 0.25) is 0 Å². The minimum Gasteiger partial charge on any atom is -0.409 e. The Balaban J connectivity index is 0.00000220. The molecule has 4 nitrogen and oxygen atoms in total. The highest BCUT2D eigenvalue weighted by Crippen LogP contribution is 2.19. The Morgan fingerprint density at radius 3 is 2.86 bits per heavy atom. The lowest BCUT2D eigenvalue weighted by molar-refractivity contribution is 0.185. The van der Waals surface area contributed by atoms with Gasteiger partial charge in [0, 0.05) is 23.6 Å². The number of aromatic amines is 1. The van der Waals surface area contributed by atoms with E-state index in [9.17, 15) is 0 Å². The summed E-state index contributed by atoms with van der Waals surface area (Å²) in [5.74, 6) is 1.55. The summed E-state index contributed by atoms with van der Waals surface area (Å²) in [6, 6.07) is 8.07. The number of hydroxylamine groups is 1. The normalized spacial score (nSPS) is 12.1. The molecule has 0 radical (unpaired) electrons. The average molecular weight is 312 g/mol. The third-order valence-electron chi connectivity index (χ3n) is 3.64. The first-order valence-electron chi connectivity index (χ1n) is 7.50. The molecule has 0 saturated carbocycles. The van der Waals surface area contributed by atoms with Crippen molar-refractivity contribution in [1.29, 1.82) is 0 Å². The van der Waals surface area contributed by atoms with Gasteiger partial charge >= 0.3 is 0 Å². The summed E-state index contributed by atoms with van der Waals surface area (Å²) in [6.45, 7) is 3.85. The van der Waals surface area contributed by atoms with Crippen LogP contribution in [-0.2, 0) is 0 Å². The van der Waals surface area contributed by atoms with Crippen molar-refractivity contribution >= 4 is 23.3 Å². The topological polar surface area (TPSA) is 63.1 Å². The van der Waals surface area contributed by atoms with E-state index in [4.69, 9.17) is 10.6 Å². The van der Waals surface area contributed by atoms with Crippen LogP contribution in [0.25, 0.3) is 10.9 Å². The fourth-order valence-corrected chi connectivity index (χ4v) is 2.57. The Hall–Kier alpha value is -1.23. The van der Waals surface area contributed by atoms with Crippen molar-refractivity contribution in [2.75, 3.05) is 13.1 Å². The van der Waals surface area contributed by atoms with Crippen molar-refractivity contribution in [1.82, 2.24) is 10.5 Å². The lowest BCUT2D eigenvalue weighted by Gasteiger charge is -2.15. The van der Waals surface area contributed by atoms with Gasteiger partial charge in [0.05, 0.1) is 0 Å². The monoisotopic (exact) mass is 311 g/mol. The standard InChI is InChI=1S/C16H25N3O.ClH/c1-2-3-13(6-9-17)7-11-19-20-15-4-5-16-14(12-15)8-10-18-16;/h4-5,8,10,12-13,18-19H,2-3,6-7,9,11,17H2,1H3;1H. The highest BCUT2D eigenvalue weighted by atomic mass is 35.5. The number of rotatable bonds is 9. The van der Waals surface area contributed by atoms with E-state index in [2.05, 4.69) is 17.4 Å². The first-order valence-corrected chi connectivity index (χ1v) is 7.50. The average Bonchev–Trinajstić information content (AvgIpc) is 2.91. The van der Waals surface area contributed by atoms with E-state index < -0.39 is 0 Å². The molecule has 0 aliphatic carbocycles. The zero-order valence-electron chi connectivity index (χ0n) is 12.6. The number of nitrogens with one attached hydrogen (secondary N) is 2. The van der Waals surface area contributed by atoms with E-state index in [0.717, 1.165) is 42.6 Å². The minimum atomic E-state index is 0. The summed E-state index contributed by atoms with van der Waals surface area (Å²) in [5.41, 5.74) is 9.83. The molecular formula is C16H26ClN3O. The molecular weight excluding hydrogens is 286 g/mol. The maximum Gasteiger partial charge on any atom is 0.147 e. The van der Waals surface area contributed by atoms with Gasteiger partial charge in [0.1, 0.15) is 5.75 Å². The van der Waals surface area contributed by atoms with Crippen molar-refractivity contribution in [2.45, 2.75) is 32.6 Å². The van der Waals surface area contributed by atoms with Gasteiger partial charge in [-0.15, -0.1) is 12.4 Å². The molecule has 5 heteroatoms. The Kier molecular flexibility index (Phi) is 8.20. The van der Waals surface area contributed by atoms with Gasteiger partial charge < -0.3 is 15.6 Å². The van der Waals surface area contributed by atoms with Gasteiger partial charge in [0.15, 0.2) is 0 Å². The van der Waals surface area contributed by atoms with Crippen LogP contribution in [0.15, 0.2) is 30.5 Å². The van der Waals surface area contributed by atoms with Crippen LogP contribution in [0, 0.1) is 5.92 Å². The van der Waals surface area contributed by atoms with Gasteiger partial charge in [-0.05, 0) is 49.6 Å². The second-order valence-electron chi connectivity index (χ2n) is 5.24. The molecule has 0 aliphatic rings. The van der Waals surface area contributed by atoms with E-state index >= 15 is 0 Å². The van der Waals surface area contributed by atoms with Gasteiger partial charge in [-0.1, -0.05) is 19.8 Å². The van der Waals surface area contributed by atoms with Gasteiger partial charge in [0.25, 0.3) is 0 Å². The van der Waals surface area contributed by atoms with Crippen molar-refractivity contribution in [2.24, 2.45) is 11.7 Å². The summed E-state index contributed by atoms with van der Waals surface area (Å²) in [7, 11) is 0. The third kappa shape index (κ3) is 5.58. The van der Waals surface area contributed by atoms with E-state index in [1.165, 1.54) is 12.8 Å². The van der Waals surface area contributed by atoms with E-state index in [1.54, 1.807) is 0 Å². The van der Waals surface area contributed by atoms with E-state index in [1.807, 2.05) is 30.5 Å². The van der Waals surface area contributed by atoms with E-state index in [0.29, 0.717) is 5.92 Å². The smallest absolute Gasteiger partial charge is 0.147 e. The maximum atomic E-state index is 5.64. The van der Waals surface area contributed by atoms with Crippen molar-refractivity contribution in [3.05, 3.63) is 30.5 Å². The molecule has 2 rings (SSSR count). The Bertz CT molecular complexity index is 509. The fraction of sp³-hybridized carbons (Fsp3) is 0.500. The molecule has 0 aliphatic heterocycles. The highest BCUT2D eigenvalue weighted by molar-refractivity contribution is 5.85. The molecule has 118 valence electrons. The lowest BCUT2D eigenvalue weighted by Crippen LogP contribution is -2.22. The molecule has 0 fully saturated rings. The molecule has 0 saturated heterocycles. The molecule has 0 bridgehead atoms. The summed E-state index contributed by atoms with van der Waals surface area (Å²) in [6.07, 6.45) is 6.61. The van der Waals surface area contributed by atoms with Gasteiger partial charge in [-0.25, -0.2) is 0 Å². The van der Waals surface area contributed by atoms with Crippen LogP contribution in [0.1, 0.15) is 32.6 Å². The molecule has 21 heavy (non-hydrogen) atoms. The first-order chi connectivity index (χ1) is 9.83. The van der Waals surface area contributed by atoms with Crippen LogP contribution in [-0.4, -0.2) is 18.1 Å². The number of halogens is 1. The van der Waals surface area contributed by atoms with Crippen LogP contribution in [0.4, 0.5) is 0 Å². The number of benzene rings is 1. The van der Waals surface area contributed by atoms with Crippen molar-refractivity contribution in [3.8, 4) is 5.75 Å². The first kappa shape index (κ1) is 17.8. The van der Waals surface area contributed by atoms with Gasteiger partial charge in [-0.2, -0.15) is 5.48 Å². The number of hydrogen-bond acceptors (Lipinski definition) is 3. The van der Waals surface area contributed by atoms with Crippen molar-refractivity contribution in [3.63, 3.8) is 0 Å². The lowest BCUT2D eigenvalue weighted by atomic mass is 9.96. The Morgan fingerprint density at radius 2 is 2.10 bits per heavy atom. The largest absolute Gasteiger partial charge is 0.409 e. The van der Waals surface area contributed by atoms with Crippen LogP contribution in [0.5, 0.6) is 5.75 Å². The third-order valence-corrected chi connectivity index (χ3v) is 3.64. The summed E-state index contributed by atoms with van der Waals surface area (Å²) >= 11 is 0. The van der Waals surface area contributed by atoms with Crippen LogP contribution in [0.3, 0.4) is 0 Å². The summed E-state index contributed by atoms with van der Waals surface area (Å²) in [4.78, 5) is 8.76. The van der Waals surface area contributed by atoms with Gasteiger partial charge in [-0.3, -0.25) is 0 Å². The minimum absolute atomic E-state index is 0. The number of hydrogen-bond donors (Lipinski definition) is 3. The summed E-state index contributed by atoms with van der Waals surface area (Å²) < 4.78 is 0. The molecule has 4 N–H and O–H groups in total. The summed E-state index contributed by atoms with van der Waals surface area (Å²) in [5, 5.41) is 1.16. The molecule has 1 aromatic carbocycles. The van der Waals surface area contributed by atoms with Crippen molar-refractivity contribution < 1.29 is 4.84 Å². The SMILES string of the molecule is CCCC(CCN)CCNOc1ccc2[nH]ccc2c1.Cl. The molecule has 0 spiro atoms. The van der Waals surface area contributed by atoms with Crippen LogP contribution in [0.2, 0.25) is 0 Å². The Morgan fingerprint density at radius 1 is 1.24 bits per heavy atom. The zero-order chi connectivity index (χ0) is 14.2. The maximum absolute atomic E-state index is 5.64. The number of fused-ring (bicyclic) bond motifs is 1. The molecule has 2 aromatic rings. The van der Waals surface area contributed by atoms with Crippen LogP contribution >= 0.6 is 12.4 Å². The highest BCUT2D eigenvalue weighted by Gasteiger charge is 2.06. The molecule has 1 heterocycles. The molecule has 1 aromatic heterocycles. The number of nitrogens with two attached hydrogens (primary N) is 1. The quantitative estimate of drug-likeness (QED) is 0.489. The predicted molar refractivity (Wildman–Crippen MR) is 90.9 cm³/mol. The zero-order valence-corrected chi connectivity index (χ0v) is 13.4. The van der Waals surface area contributed by atoms with Crippen LogP contribution < -0.4 is 16.1 Å². The molecule has 0 amide bonds. The van der Waals surface area contributed by atoms with E-state index in [-0.39, 0.29) is 12.4 Å². The predicted octanol–water partition coefficient (Wildman–Crippen LogP) is 3.63. The second kappa shape index (κ2) is 9.66. The Labute approximate surface area is 132 Å². The number of aromatic nitrogens is 1. The molecule has 1 unspecified atom stereocenters. The molecule has 1 atom stereocenters. The second-order valence-corrected chi connectivity index (χ2v) is 5.24.